The van der Waals surface area contributed by atoms with Gasteiger partial charge in [-0.15, -0.1) is 0 Å². The minimum atomic E-state index is -0.344. The molecule has 0 saturated heterocycles. The third-order valence-electron chi connectivity index (χ3n) is 3.12. The van der Waals surface area contributed by atoms with Crippen LogP contribution in [0.1, 0.15) is 25.3 Å². The van der Waals surface area contributed by atoms with Crippen LogP contribution in [0.15, 0.2) is 42.5 Å². The fourth-order valence-corrected chi connectivity index (χ4v) is 2.00. The second-order valence-corrected chi connectivity index (χ2v) is 4.75. The van der Waals surface area contributed by atoms with Gasteiger partial charge in [0.2, 0.25) is 0 Å². The lowest BCUT2D eigenvalue weighted by Crippen LogP contribution is -2.35. The summed E-state index contributed by atoms with van der Waals surface area (Å²) in [5, 5.41) is 2.86. The number of alkyl carbamates (subject to hydrolysis) is 1. The van der Waals surface area contributed by atoms with Gasteiger partial charge in [-0.1, -0.05) is 49.4 Å². The van der Waals surface area contributed by atoms with E-state index in [-0.39, 0.29) is 12.1 Å². The van der Waals surface area contributed by atoms with E-state index in [9.17, 15) is 4.79 Å². The number of hydrogen-bond donors (Lipinski definition) is 1. The summed E-state index contributed by atoms with van der Waals surface area (Å²) in [5.41, 5.74) is 1.00. The zero-order valence-corrected chi connectivity index (χ0v) is 10.6. The predicted molar refractivity (Wildman–Crippen MR) is 71.1 cm³/mol. The first kappa shape index (κ1) is 12.7. The predicted octanol–water partition coefficient (Wildman–Crippen LogP) is 3.27. The summed E-state index contributed by atoms with van der Waals surface area (Å²) in [7, 11) is 0. The van der Waals surface area contributed by atoms with E-state index >= 15 is 0 Å². The topological polar surface area (TPSA) is 38.3 Å². The molecule has 0 radical (unpaired) electrons. The highest BCUT2D eigenvalue weighted by Gasteiger charge is 2.15. The van der Waals surface area contributed by atoms with E-state index in [1.807, 2.05) is 30.3 Å². The largest absolute Gasteiger partial charge is 0.445 e. The smallest absolute Gasteiger partial charge is 0.407 e. The summed E-state index contributed by atoms with van der Waals surface area (Å²) in [4.78, 5) is 11.6. The van der Waals surface area contributed by atoms with Crippen LogP contribution in [0.2, 0.25) is 0 Å². The second-order valence-electron chi connectivity index (χ2n) is 4.75. The first-order chi connectivity index (χ1) is 8.74. The van der Waals surface area contributed by atoms with Crippen LogP contribution in [0.4, 0.5) is 4.79 Å². The summed E-state index contributed by atoms with van der Waals surface area (Å²) in [6.07, 6.45) is 5.95. The lowest BCUT2D eigenvalue weighted by molar-refractivity contribution is 0.136. The molecule has 2 rings (SSSR count). The molecule has 1 aliphatic carbocycles. The van der Waals surface area contributed by atoms with Gasteiger partial charge in [-0.2, -0.15) is 0 Å². The van der Waals surface area contributed by atoms with E-state index in [4.69, 9.17) is 4.74 Å². The fraction of sp³-hybridized carbons (Fsp3) is 0.400. The molecule has 1 aliphatic rings. The maximum absolute atomic E-state index is 11.6. The van der Waals surface area contributed by atoms with Gasteiger partial charge in [-0.05, 0) is 24.3 Å². The van der Waals surface area contributed by atoms with Gasteiger partial charge >= 0.3 is 6.09 Å². The van der Waals surface area contributed by atoms with Crippen molar-refractivity contribution < 1.29 is 9.53 Å². The van der Waals surface area contributed by atoms with Crippen LogP contribution < -0.4 is 5.32 Å². The SMILES string of the molecule is C[C@@H]1C=C[C@H](NC(=O)OCc2ccccc2)CC1. The van der Waals surface area contributed by atoms with E-state index in [2.05, 4.69) is 24.4 Å². The minimum Gasteiger partial charge on any atom is -0.445 e. The first-order valence-electron chi connectivity index (χ1n) is 6.39. The van der Waals surface area contributed by atoms with Crippen LogP contribution in [-0.2, 0) is 11.3 Å². The van der Waals surface area contributed by atoms with Crippen molar-refractivity contribution in [3.8, 4) is 0 Å². The molecule has 0 aromatic heterocycles. The van der Waals surface area contributed by atoms with Crippen molar-refractivity contribution in [1.29, 1.82) is 0 Å². The Morgan fingerprint density at radius 2 is 2.06 bits per heavy atom. The number of ether oxygens (including phenoxy) is 1. The van der Waals surface area contributed by atoms with E-state index < -0.39 is 0 Å². The zero-order valence-electron chi connectivity index (χ0n) is 10.6. The Morgan fingerprint density at radius 3 is 2.72 bits per heavy atom. The summed E-state index contributed by atoms with van der Waals surface area (Å²) >= 11 is 0. The molecule has 0 unspecified atom stereocenters. The van der Waals surface area contributed by atoms with Crippen LogP contribution in [0, 0.1) is 5.92 Å². The Balaban J connectivity index is 1.74. The molecule has 0 fully saturated rings. The molecule has 1 amide bonds. The molecule has 3 nitrogen and oxygen atoms in total. The standard InChI is InChI=1S/C15H19NO2/c1-12-7-9-14(10-8-12)16-15(17)18-11-13-5-3-2-4-6-13/h2-7,9,12,14H,8,10-11H2,1H3,(H,16,17)/t12-,14+/m1/s1. The first-order valence-corrected chi connectivity index (χ1v) is 6.39. The summed E-state index contributed by atoms with van der Waals surface area (Å²) in [6.45, 7) is 2.50. The van der Waals surface area contributed by atoms with Gasteiger partial charge in [0.05, 0.1) is 6.04 Å². The van der Waals surface area contributed by atoms with Crippen molar-refractivity contribution in [1.82, 2.24) is 5.32 Å². The van der Waals surface area contributed by atoms with Crippen LogP contribution in [0.25, 0.3) is 0 Å². The number of amides is 1. The Morgan fingerprint density at radius 1 is 1.28 bits per heavy atom. The van der Waals surface area contributed by atoms with Gasteiger partial charge < -0.3 is 10.1 Å². The molecule has 1 aromatic rings. The minimum absolute atomic E-state index is 0.115. The molecule has 0 aliphatic heterocycles. The Labute approximate surface area is 108 Å². The Kier molecular flexibility index (Phi) is 4.40. The van der Waals surface area contributed by atoms with E-state index in [0.717, 1.165) is 18.4 Å². The molecule has 0 heterocycles. The van der Waals surface area contributed by atoms with Crippen molar-refractivity contribution in [2.24, 2.45) is 5.92 Å². The molecule has 96 valence electrons. The number of benzene rings is 1. The molecule has 0 saturated carbocycles. The van der Waals surface area contributed by atoms with Gasteiger partial charge in [-0.25, -0.2) is 4.79 Å². The van der Waals surface area contributed by atoms with Crippen LogP contribution in [0.5, 0.6) is 0 Å². The van der Waals surface area contributed by atoms with Gasteiger partial charge in [0, 0.05) is 0 Å². The number of hydrogen-bond acceptors (Lipinski definition) is 2. The lowest BCUT2D eigenvalue weighted by Gasteiger charge is -2.21. The van der Waals surface area contributed by atoms with Crippen LogP contribution in [0.3, 0.4) is 0 Å². The maximum Gasteiger partial charge on any atom is 0.407 e. The summed E-state index contributed by atoms with van der Waals surface area (Å²) < 4.78 is 5.17. The molecule has 1 aromatic carbocycles. The van der Waals surface area contributed by atoms with E-state index in [1.165, 1.54) is 0 Å². The van der Waals surface area contributed by atoms with Crippen LogP contribution >= 0.6 is 0 Å². The number of allylic oxidation sites excluding steroid dienone is 1. The number of nitrogens with one attached hydrogen (secondary N) is 1. The molecule has 1 N–H and O–H groups in total. The van der Waals surface area contributed by atoms with Crippen molar-refractivity contribution >= 4 is 6.09 Å². The van der Waals surface area contributed by atoms with E-state index in [1.54, 1.807) is 0 Å². The zero-order chi connectivity index (χ0) is 12.8. The molecule has 0 spiro atoms. The molecular formula is C15H19NO2. The molecule has 2 atom stereocenters. The van der Waals surface area contributed by atoms with Gasteiger partial charge in [0.1, 0.15) is 6.61 Å². The van der Waals surface area contributed by atoms with Crippen molar-refractivity contribution in [2.45, 2.75) is 32.4 Å². The normalized spacial score (nSPS) is 22.5. The molecule has 3 heteroatoms. The molecule has 18 heavy (non-hydrogen) atoms. The Bertz CT molecular complexity index is 414. The average Bonchev–Trinajstić information content (AvgIpc) is 2.40. The fourth-order valence-electron chi connectivity index (χ4n) is 2.00. The monoisotopic (exact) mass is 245 g/mol. The van der Waals surface area contributed by atoms with Crippen LogP contribution in [-0.4, -0.2) is 12.1 Å². The average molecular weight is 245 g/mol. The van der Waals surface area contributed by atoms with Gasteiger partial charge in [0.15, 0.2) is 0 Å². The highest BCUT2D eigenvalue weighted by atomic mass is 16.5. The van der Waals surface area contributed by atoms with E-state index in [0.29, 0.717) is 12.5 Å². The maximum atomic E-state index is 11.6. The third kappa shape index (κ3) is 3.91. The van der Waals surface area contributed by atoms with Crippen molar-refractivity contribution in [3.63, 3.8) is 0 Å². The number of carbonyl (C=O) groups is 1. The quantitative estimate of drug-likeness (QED) is 0.830. The summed E-state index contributed by atoms with van der Waals surface area (Å²) in [6, 6.07) is 9.80. The number of carbonyl (C=O) groups excluding carboxylic acids is 1. The van der Waals surface area contributed by atoms with Gasteiger partial charge in [0.25, 0.3) is 0 Å². The Hall–Kier alpha value is -1.77. The van der Waals surface area contributed by atoms with Crippen molar-refractivity contribution in [3.05, 3.63) is 48.0 Å². The molecule has 0 bridgehead atoms. The highest BCUT2D eigenvalue weighted by molar-refractivity contribution is 5.67. The lowest BCUT2D eigenvalue weighted by atomic mass is 9.95. The second kappa shape index (κ2) is 6.24. The van der Waals surface area contributed by atoms with Gasteiger partial charge in [-0.3, -0.25) is 0 Å². The summed E-state index contributed by atoms with van der Waals surface area (Å²) in [5.74, 6) is 0.614. The van der Waals surface area contributed by atoms with Crippen molar-refractivity contribution in [2.75, 3.05) is 0 Å². The number of rotatable bonds is 3. The third-order valence-corrected chi connectivity index (χ3v) is 3.12. The molecular weight excluding hydrogens is 226 g/mol. The highest BCUT2D eigenvalue weighted by Crippen LogP contribution is 2.16.